The highest BCUT2D eigenvalue weighted by molar-refractivity contribution is 6.31. The lowest BCUT2D eigenvalue weighted by Gasteiger charge is -2.41. The largest absolute Gasteiger partial charge is 0.496 e. The summed E-state index contributed by atoms with van der Waals surface area (Å²) in [6.45, 7) is 6.06. The van der Waals surface area contributed by atoms with Crippen molar-refractivity contribution in [3.63, 3.8) is 0 Å². The fraction of sp³-hybridized carbons (Fsp3) is 0.276. The number of carbonyl (C=O) groups excluding carboxylic acids is 1. The van der Waals surface area contributed by atoms with E-state index in [-0.39, 0.29) is 22.9 Å². The second kappa shape index (κ2) is 10.1. The van der Waals surface area contributed by atoms with Crippen molar-refractivity contribution in [1.82, 2.24) is 14.1 Å². The summed E-state index contributed by atoms with van der Waals surface area (Å²) in [5.41, 5.74) is 2.96. The van der Waals surface area contributed by atoms with Gasteiger partial charge in [0.25, 0.3) is 5.56 Å². The highest BCUT2D eigenvalue weighted by Crippen LogP contribution is 2.48. The fourth-order valence-electron chi connectivity index (χ4n) is 5.27. The van der Waals surface area contributed by atoms with Crippen LogP contribution in [0.25, 0.3) is 11.4 Å². The van der Waals surface area contributed by atoms with Crippen LogP contribution in [0.2, 0.25) is 10.0 Å². The second-order valence-corrected chi connectivity index (χ2v) is 10.6. The Hall–Kier alpha value is -3.75. The molecule has 3 heterocycles. The first-order chi connectivity index (χ1) is 18.6. The van der Waals surface area contributed by atoms with Gasteiger partial charge in [-0.05, 0) is 62.2 Å². The van der Waals surface area contributed by atoms with E-state index in [0.717, 1.165) is 16.7 Å². The maximum atomic E-state index is 13.4. The third-order valence-electron chi connectivity index (χ3n) is 7.00. The molecule has 1 unspecified atom stereocenters. The molecule has 0 spiro atoms. The summed E-state index contributed by atoms with van der Waals surface area (Å²) in [6.07, 6.45) is 1.66. The van der Waals surface area contributed by atoms with Crippen LogP contribution in [-0.4, -0.2) is 33.8 Å². The monoisotopic (exact) mass is 566 g/mol. The van der Waals surface area contributed by atoms with E-state index in [9.17, 15) is 9.59 Å². The van der Waals surface area contributed by atoms with Gasteiger partial charge in [0.2, 0.25) is 0 Å². The number of nitrogens with zero attached hydrogens (tertiary/aromatic N) is 3. The van der Waals surface area contributed by atoms with Crippen molar-refractivity contribution in [2.24, 2.45) is 7.05 Å². The maximum absolute atomic E-state index is 13.4. The summed E-state index contributed by atoms with van der Waals surface area (Å²) in [5.74, 6) is 0.620. The van der Waals surface area contributed by atoms with Crippen molar-refractivity contribution in [2.45, 2.75) is 32.4 Å². The van der Waals surface area contributed by atoms with Crippen molar-refractivity contribution < 1.29 is 14.3 Å². The Morgan fingerprint density at radius 1 is 1.15 bits per heavy atom. The molecule has 0 saturated heterocycles. The predicted molar refractivity (Wildman–Crippen MR) is 152 cm³/mol. The van der Waals surface area contributed by atoms with Crippen molar-refractivity contribution in [3.05, 3.63) is 97.6 Å². The van der Waals surface area contributed by atoms with Crippen LogP contribution in [0.4, 0.5) is 5.69 Å². The number of esters is 1. The van der Waals surface area contributed by atoms with Crippen LogP contribution >= 0.6 is 23.2 Å². The molecule has 2 aromatic carbocycles. The number of hydrogen-bond acceptors (Lipinski definition) is 6. The van der Waals surface area contributed by atoms with Crippen molar-refractivity contribution in [2.75, 3.05) is 19.0 Å². The van der Waals surface area contributed by atoms with Gasteiger partial charge in [-0.1, -0.05) is 41.4 Å². The van der Waals surface area contributed by atoms with Crippen LogP contribution in [0.1, 0.15) is 54.1 Å². The zero-order chi connectivity index (χ0) is 28.1. The highest BCUT2D eigenvalue weighted by atomic mass is 35.5. The number of fused-ring (bicyclic) bond motifs is 2. The van der Waals surface area contributed by atoms with E-state index in [1.54, 1.807) is 33.3 Å². The summed E-state index contributed by atoms with van der Waals surface area (Å²) in [7, 11) is 3.23. The van der Waals surface area contributed by atoms with Crippen molar-refractivity contribution >= 4 is 34.9 Å². The number of aromatic nitrogens is 3. The number of pyridine rings is 1. The maximum Gasteiger partial charge on any atom is 0.358 e. The molecule has 4 aromatic rings. The second-order valence-electron chi connectivity index (χ2n) is 9.79. The molecule has 0 bridgehead atoms. The van der Waals surface area contributed by atoms with Gasteiger partial charge in [-0.3, -0.25) is 4.79 Å². The van der Waals surface area contributed by atoms with Crippen LogP contribution in [0.15, 0.2) is 59.5 Å². The van der Waals surface area contributed by atoms with E-state index in [4.69, 9.17) is 37.7 Å². The highest BCUT2D eigenvalue weighted by Gasteiger charge is 2.44. The number of carbonyl (C=O) groups is 1. The quantitative estimate of drug-likeness (QED) is 0.286. The first kappa shape index (κ1) is 26.8. The summed E-state index contributed by atoms with van der Waals surface area (Å²) < 4.78 is 14.6. The number of aryl methyl sites for hydroxylation is 1. The molecule has 0 radical (unpaired) electrons. The predicted octanol–water partition coefficient (Wildman–Crippen LogP) is 6.04. The van der Waals surface area contributed by atoms with Crippen molar-refractivity contribution in [1.29, 1.82) is 0 Å². The minimum atomic E-state index is -0.678. The van der Waals surface area contributed by atoms with Gasteiger partial charge in [0, 0.05) is 18.3 Å². The lowest BCUT2D eigenvalue weighted by Crippen LogP contribution is -2.39. The topological polar surface area (TPSA) is 87.4 Å². The lowest BCUT2D eigenvalue weighted by molar-refractivity contribution is 0.0518. The summed E-state index contributed by atoms with van der Waals surface area (Å²) >= 11 is 12.8. The minimum absolute atomic E-state index is 0.0730. The van der Waals surface area contributed by atoms with E-state index in [1.807, 2.05) is 47.0 Å². The van der Waals surface area contributed by atoms with E-state index in [2.05, 4.69) is 19.2 Å². The molecular weight excluding hydrogens is 539 g/mol. The summed E-state index contributed by atoms with van der Waals surface area (Å²) in [6, 6.07) is 14.2. The zero-order valence-corrected chi connectivity index (χ0v) is 23.7. The Kier molecular flexibility index (Phi) is 6.95. The Balaban J connectivity index is 1.85. The van der Waals surface area contributed by atoms with Crippen LogP contribution in [-0.2, 0) is 17.3 Å². The van der Waals surface area contributed by atoms with Gasteiger partial charge in [0.1, 0.15) is 16.6 Å². The molecule has 10 heteroatoms. The first-order valence-electron chi connectivity index (χ1n) is 12.4. The number of benzene rings is 2. The smallest absolute Gasteiger partial charge is 0.358 e. The number of ether oxygens (including phenoxy) is 2. The summed E-state index contributed by atoms with van der Waals surface area (Å²) in [4.78, 5) is 30.6. The Morgan fingerprint density at radius 2 is 1.90 bits per heavy atom. The third-order valence-corrected chi connectivity index (χ3v) is 7.50. The zero-order valence-electron chi connectivity index (χ0n) is 22.2. The van der Waals surface area contributed by atoms with Gasteiger partial charge in [0.05, 0.1) is 42.2 Å². The van der Waals surface area contributed by atoms with E-state index < -0.39 is 17.6 Å². The van der Waals surface area contributed by atoms with E-state index in [1.165, 1.54) is 4.57 Å². The number of methoxy groups -OCH3 is 1. The molecule has 5 rings (SSSR count). The number of imidazole rings is 1. The van der Waals surface area contributed by atoms with Gasteiger partial charge in [-0.2, -0.15) is 0 Å². The number of halogens is 2. The van der Waals surface area contributed by atoms with Crippen LogP contribution in [0, 0.1) is 0 Å². The molecule has 0 aliphatic carbocycles. The normalized spacial score (nSPS) is 15.3. The van der Waals surface area contributed by atoms with Crippen LogP contribution in [0.3, 0.4) is 0 Å². The molecular formula is C29H28Cl2N4O4. The first-order valence-corrected chi connectivity index (χ1v) is 13.2. The average Bonchev–Trinajstić information content (AvgIpc) is 3.32. The molecule has 202 valence electrons. The number of hydrogen-bond donors (Lipinski definition) is 1. The SMILES string of the molecule is CCOC(=O)c1nc(-c2ccccc2OC)n2c1C(Nc1cc(Cl)c(=O)n(C)c1)c1ccc(Cl)cc1C2(C)C. The molecule has 1 aliphatic rings. The Bertz CT molecular complexity index is 1630. The van der Waals surface area contributed by atoms with Gasteiger partial charge < -0.3 is 23.9 Å². The number of anilines is 1. The van der Waals surface area contributed by atoms with Crippen molar-refractivity contribution in [3.8, 4) is 17.1 Å². The number of para-hydroxylation sites is 1. The molecule has 8 nitrogen and oxygen atoms in total. The third kappa shape index (κ3) is 4.47. The molecule has 0 saturated carbocycles. The Labute approximate surface area is 236 Å². The number of nitrogens with one attached hydrogen (secondary N) is 1. The van der Waals surface area contributed by atoms with Gasteiger partial charge >= 0.3 is 5.97 Å². The average molecular weight is 567 g/mol. The molecule has 1 N–H and O–H groups in total. The van der Waals surface area contributed by atoms with Crippen LogP contribution in [0.5, 0.6) is 5.75 Å². The van der Waals surface area contributed by atoms with E-state index in [0.29, 0.717) is 28.0 Å². The number of rotatable bonds is 6. The minimum Gasteiger partial charge on any atom is -0.496 e. The molecule has 1 atom stereocenters. The fourth-order valence-corrected chi connectivity index (χ4v) is 5.69. The van der Waals surface area contributed by atoms with E-state index >= 15 is 0 Å². The van der Waals surface area contributed by atoms with Crippen LogP contribution < -0.4 is 15.6 Å². The van der Waals surface area contributed by atoms with Gasteiger partial charge in [-0.15, -0.1) is 0 Å². The lowest BCUT2D eigenvalue weighted by atomic mass is 9.81. The molecule has 1 aliphatic heterocycles. The van der Waals surface area contributed by atoms with Gasteiger partial charge in [-0.25, -0.2) is 9.78 Å². The molecule has 0 fully saturated rings. The molecule has 0 amide bonds. The molecule has 39 heavy (non-hydrogen) atoms. The summed E-state index contributed by atoms with van der Waals surface area (Å²) in [5, 5.41) is 4.16. The van der Waals surface area contributed by atoms with Gasteiger partial charge in [0.15, 0.2) is 5.69 Å². The standard InChI is InChI=1S/C29H28Cl2N4O4/c1-6-39-28(37)24-25-23(32-17-14-21(31)27(36)34(4)15-17)18-12-11-16(30)13-20(18)29(2,3)35(25)26(33-24)19-9-7-8-10-22(19)38-5/h7-15,23,32H,6H2,1-5H3. The Morgan fingerprint density at radius 3 is 2.59 bits per heavy atom. The molecule has 2 aromatic heterocycles.